The van der Waals surface area contributed by atoms with Gasteiger partial charge in [-0.25, -0.2) is 0 Å². The second-order valence-electron chi connectivity index (χ2n) is 8.68. The maximum absolute atomic E-state index is 12.2. The molecule has 0 bridgehead atoms. The molecule has 1 aliphatic heterocycles. The third-order valence-electron chi connectivity index (χ3n) is 6.38. The van der Waals surface area contributed by atoms with Crippen LogP contribution in [0.25, 0.3) is 0 Å². The molecule has 0 unspecified atom stereocenters. The fourth-order valence-electron chi connectivity index (χ4n) is 4.67. The summed E-state index contributed by atoms with van der Waals surface area (Å²) >= 11 is 0. The van der Waals surface area contributed by atoms with E-state index in [-0.39, 0.29) is 24.4 Å². The molecule has 1 saturated carbocycles. The number of hydrogen-bond acceptors (Lipinski definition) is 5. The smallest absolute Gasteiger partial charge is 0.251 e. The van der Waals surface area contributed by atoms with Gasteiger partial charge in [0.15, 0.2) is 0 Å². The molecule has 2 heterocycles. The van der Waals surface area contributed by atoms with E-state index in [9.17, 15) is 14.7 Å². The fourth-order valence-corrected chi connectivity index (χ4v) is 4.67. The van der Waals surface area contributed by atoms with Gasteiger partial charge in [0.2, 0.25) is 5.91 Å². The third kappa shape index (κ3) is 5.22. The quantitative estimate of drug-likeness (QED) is 0.664. The summed E-state index contributed by atoms with van der Waals surface area (Å²) in [6.45, 7) is 3.62. The summed E-state index contributed by atoms with van der Waals surface area (Å²) in [5.74, 6) is 0.239. The van der Waals surface area contributed by atoms with E-state index in [0.717, 1.165) is 50.0 Å². The number of carbonyl (C=O) groups is 2. The topological polar surface area (TPSA) is 94.6 Å². The Labute approximate surface area is 182 Å². The fraction of sp³-hybridized carbons (Fsp3) is 0.458. The molecule has 2 fully saturated rings. The van der Waals surface area contributed by atoms with Crippen molar-refractivity contribution in [1.82, 2.24) is 20.5 Å². The van der Waals surface area contributed by atoms with Crippen LogP contribution < -0.4 is 10.6 Å². The third-order valence-corrected chi connectivity index (χ3v) is 6.38. The Morgan fingerprint density at radius 1 is 1.13 bits per heavy atom. The number of benzene rings is 1. The van der Waals surface area contributed by atoms with Gasteiger partial charge in [-0.1, -0.05) is 17.7 Å². The zero-order valence-corrected chi connectivity index (χ0v) is 17.9. The molecule has 0 spiro atoms. The van der Waals surface area contributed by atoms with Crippen LogP contribution in [-0.2, 0) is 4.79 Å². The van der Waals surface area contributed by atoms with Gasteiger partial charge in [-0.3, -0.25) is 19.5 Å². The first kappa shape index (κ1) is 21.3. The van der Waals surface area contributed by atoms with Crippen LogP contribution in [-0.4, -0.2) is 58.5 Å². The van der Waals surface area contributed by atoms with Crippen LogP contribution in [0.15, 0.2) is 42.6 Å². The van der Waals surface area contributed by atoms with Gasteiger partial charge >= 0.3 is 0 Å². The Morgan fingerprint density at radius 3 is 2.61 bits per heavy atom. The highest BCUT2D eigenvalue weighted by Gasteiger charge is 2.36. The lowest BCUT2D eigenvalue weighted by Crippen LogP contribution is -2.63. The summed E-state index contributed by atoms with van der Waals surface area (Å²) < 4.78 is 0. The van der Waals surface area contributed by atoms with Crippen molar-refractivity contribution in [3.8, 4) is 5.75 Å². The SMILES string of the molecule is Cc1cccc(C(=O)NCC(=O)NC2CN([C@H]3CC[C@@H](c4ncccc4O)CC3)C2)c1. The molecule has 7 nitrogen and oxygen atoms in total. The van der Waals surface area contributed by atoms with Crippen LogP contribution in [0.5, 0.6) is 5.75 Å². The van der Waals surface area contributed by atoms with Gasteiger partial charge in [-0.15, -0.1) is 0 Å². The molecule has 1 saturated heterocycles. The summed E-state index contributed by atoms with van der Waals surface area (Å²) in [4.78, 5) is 31.1. The molecule has 2 aliphatic rings. The lowest BCUT2D eigenvalue weighted by molar-refractivity contribution is -0.122. The predicted octanol–water partition coefficient (Wildman–Crippen LogP) is 2.35. The molecular formula is C24H30N4O3. The molecule has 3 N–H and O–H groups in total. The average molecular weight is 423 g/mol. The van der Waals surface area contributed by atoms with Gasteiger partial charge in [0.1, 0.15) is 5.75 Å². The maximum atomic E-state index is 12.2. The largest absolute Gasteiger partial charge is 0.506 e. The summed E-state index contributed by atoms with van der Waals surface area (Å²) in [7, 11) is 0. The van der Waals surface area contributed by atoms with Gasteiger partial charge in [-0.05, 0) is 56.9 Å². The number of aromatic hydroxyl groups is 1. The Kier molecular flexibility index (Phi) is 6.51. The van der Waals surface area contributed by atoms with E-state index in [0.29, 0.717) is 23.3 Å². The second kappa shape index (κ2) is 9.47. The highest BCUT2D eigenvalue weighted by atomic mass is 16.3. The van der Waals surface area contributed by atoms with Crippen molar-refractivity contribution in [2.75, 3.05) is 19.6 Å². The summed E-state index contributed by atoms with van der Waals surface area (Å²) in [5, 5.41) is 15.7. The van der Waals surface area contributed by atoms with E-state index < -0.39 is 0 Å². The second-order valence-corrected chi connectivity index (χ2v) is 8.68. The van der Waals surface area contributed by atoms with E-state index in [1.165, 1.54) is 0 Å². The van der Waals surface area contributed by atoms with Crippen LogP contribution in [0.1, 0.15) is 53.2 Å². The monoisotopic (exact) mass is 422 g/mol. The van der Waals surface area contributed by atoms with Gasteiger partial charge in [-0.2, -0.15) is 0 Å². The standard InChI is InChI=1S/C24H30N4O3/c1-16-4-2-5-18(12-16)24(31)26-13-22(30)27-19-14-28(15-19)20-9-7-17(8-10-20)23-21(29)6-3-11-25-23/h2-6,11-12,17,19-20,29H,7-10,13-15H2,1H3,(H,26,31)(H,27,30)/t17-,20+. The molecule has 0 atom stereocenters. The normalized spacial score (nSPS) is 21.8. The number of pyridine rings is 1. The highest BCUT2D eigenvalue weighted by molar-refractivity contribution is 5.96. The van der Waals surface area contributed by atoms with E-state index in [1.807, 2.05) is 19.1 Å². The number of nitrogens with zero attached hydrogens (tertiary/aromatic N) is 2. The maximum Gasteiger partial charge on any atom is 0.251 e. The van der Waals surface area contributed by atoms with Crippen LogP contribution in [0.3, 0.4) is 0 Å². The molecule has 0 radical (unpaired) electrons. The average Bonchev–Trinajstić information content (AvgIpc) is 2.75. The number of hydrogen-bond donors (Lipinski definition) is 3. The van der Waals surface area contributed by atoms with Crippen LogP contribution >= 0.6 is 0 Å². The number of amides is 2. The van der Waals surface area contributed by atoms with Crippen molar-refractivity contribution in [2.24, 2.45) is 0 Å². The number of carbonyl (C=O) groups excluding carboxylic acids is 2. The van der Waals surface area contributed by atoms with Crippen LogP contribution in [0, 0.1) is 6.92 Å². The Bertz CT molecular complexity index is 934. The summed E-state index contributed by atoms with van der Waals surface area (Å²) in [5.41, 5.74) is 2.40. The molecular weight excluding hydrogens is 392 g/mol. The molecule has 1 aromatic carbocycles. The zero-order chi connectivity index (χ0) is 21.8. The van der Waals surface area contributed by atoms with Crippen molar-refractivity contribution in [1.29, 1.82) is 0 Å². The van der Waals surface area contributed by atoms with Gasteiger partial charge in [0.25, 0.3) is 5.91 Å². The van der Waals surface area contributed by atoms with Gasteiger partial charge < -0.3 is 15.7 Å². The molecule has 31 heavy (non-hydrogen) atoms. The first-order valence-corrected chi connectivity index (χ1v) is 11.0. The Balaban J connectivity index is 1.15. The zero-order valence-electron chi connectivity index (χ0n) is 17.9. The molecule has 4 rings (SSSR count). The van der Waals surface area contributed by atoms with Gasteiger partial charge in [0.05, 0.1) is 18.3 Å². The van der Waals surface area contributed by atoms with Gasteiger partial charge in [0, 0.05) is 36.8 Å². The predicted molar refractivity (Wildman–Crippen MR) is 118 cm³/mol. The van der Waals surface area contributed by atoms with Crippen LogP contribution in [0.4, 0.5) is 0 Å². The lowest BCUT2D eigenvalue weighted by Gasteiger charge is -2.46. The number of aryl methyl sites for hydroxylation is 1. The van der Waals surface area contributed by atoms with E-state index in [4.69, 9.17) is 0 Å². The molecule has 1 aliphatic carbocycles. The Morgan fingerprint density at radius 2 is 1.90 bits per heavy atom. The number of rotatable bonds is 6. The van der Waals surface area contributed by atoms with E-state index in [2.05, 4.69) is 20.5 Å². The molecule has 1 aromatic heterocycles. The number of nitrogens with one attached hydrogen (secondary N) is 2. The molecule has 2 amide bonds. The van der Waals surface area contributed by atoms with Crippen molar-refractivity contribution >= 4 is 11.8 Å². The van der Waals surface area contributed by atoms with Crippen LogP contribution in [0.2, 0.25) is 0 Å². The van der Waals surface area contributed by atoms with Crippen molar-refractivity contribution in [3.05, 3.63) is 59.4 Å². The number of likely N-dealkylation sites (tertiary alicyclic amines) is 1. The summed E-state index contributed by atoms with van der Waals surface area (Å²) in [6, 6.07) is 11.4. The minimum Gasteiger partial charge on any atom is -0.506 e. The molecule has 164 valence electrons. The highest BCUT2D eigenvalue weighted by Crippen LogP contribution is 2.38. The van der Waals surface area contributed by atoms with E-state index >= 15 is 0 Å². The Hall–Kier alpha value is -2.93. The number of aromatic nitrogens is 1. The molecule has 2 aromatic rings. The van der Waals surface area contributed by atoms with Crippen molar-refractivity contribution < 1.29 is 14.7 Å². The first-order chi connectivity index (χ1) is 15.0. The van der Waals surface area contributed by atoms with Crippen molar-refractivity contribution in [2.45, 2.75) is 50.6 Å². The minimum atomic E-state index is -0.232. The minimum absolute atomic E-state index is 0.0120. The summed E-state index contributed by atoms with van der Waals surface area (Å²) in [6.07, 6.45) is 5.94. The van der Waals surface area contributed by atoms with E-state index in [1.54, 1.807) is 30.5 Å². The lowest BCUT2D eigenvalue weighted by atomic mass is 9.82. The first-order valence-electron chi connectivity index (χ1n) is 11.0. The molecule has 7 heteroatoms. The van der Waals surface area contributed by atoms with Crippen molar-refractivity contribution in [3.63, 3.8) is 0 Å².